The van der Waals surface area contributed by atoms with Crippen molar-refractivity contribution in [3.05, 3.63) is 53.6 Å². The van der Waals surface area contributed by atoms with Crippen LogP contribution in [0.5, 0.6) is 11.5 Å². The maximum atomic E-state index is 11.9. The topological polar surface area (TPSA) is 70.3 Å². The second kappa shape index (κ2) is 5.77. The summed E-state index contributed by atoms with van der Waals surface area (Å²) in [6.45, 7) is 0. The predicted octanol–water partition coefficient (Wildman–Crippen LogP) is 2.64. The summed E-state index contributed by atoms with van der Waals surface area (Å²) in [5.74, 6) is 1.25. The molecular formula is C16H13NO5. The number of cyclic esters (lactones) is 1. The summed E-state index contributed by atoms with van der Waals surface area (Å²) < 4.78 is 20.6. The molecule has 0 fully saturated rings. The molecule has 2 heterocycles. The van der Waals surface area contributed by atoms with E-state index in [0.29, 0.717) is 22.8 Å². The van der Waals surface area contributed by atoms with Crippen molar-refractivity contribution < 1.29 is 23.4 Å². The zero-order valence-electron chi connectivity index (χ0n) is 12.0. The van der Waals surface area contributed by atoms with Crippen LogP contribution in [0.25, 0.3) is 6.08 Å². The Hall–Kier alpha value is -3.02. The molecular weight excluding hydrogens is 286 g/mol. The number of methoxy groups -OCH3 is 2. The van der Waals surface area contributed by atoms with Gasteiger partial charge in [0.25, 0.3) is 5.90 Å². The molecule has 0 atom stereocenters. The first-order valence-corrected chi connectivity index (χ1v) is 6.49. The molecule has 0 unspecified atom stereocenters. The van der Waals surface area contributed by atoms with Gasteiger partial charge in [0, 0.05) is 6.07 Å². The van der Waals surface area contributed by atoms with Gasteiger partial charge in [-0.25, -0.2) is 9.79 Å². The molecule has 2 aromatic rings. The minimum Gasteiger partial charge on any atom is -0.497 e. The summed E-state index contributed by atoms with van der Waals surface area (Å²) in [5.41, 5.74) is 0.898. The van der Waals surface area contributed by atoms with Crippen molar-refractivity contribution in [3.63, 3.8) is 0 Å². The van der Waals surface area contributed by atoms with Crippen molar-refractivity contribution >= 4 is 17.9 Å². The fourth-order valence-electron chi connectivity index (χ4n) is 1.99. The molecule has 6 nitrogen and oxygen atoms in total. The van der Waals surface area contributed by atoms with E-state index in [2.05, 4.69) is 4.99 Å². The number of benzene rings is 1. The van der Waals surface area contributed by atoms with E-state index in [-0.39, 0.29) is 11.6 Å². The van der Waals surface area contributed by atoms with Gasteiger partial charge in [-0.15, -0.1) is 0 Å². The number of hydrogen-bond donors (Lipinski definition) is 0. The lowest BCUT2D eigenvalue weighted by molar-refractivity contribution is -0.130. The molecule has 0 saturated carbocycles. The van der Waals surface area contributed by atoms with Crippen LogP contribution >= 0.6 is 0 Å². The minimum atomic E-state index is -0.534. The van der Waals surface area contributed by atoms with E-state index in [1.165, 1.54) is 6.26 Å². The second-order valence-electron chi connectivity index (χ2n) is 4.46. The molecule has 0 radical (unpaired) electrons. The Morgan fingerprint density at radius 1 is 1.14 bits per heavy atom. The molecule has 0 amide bonds. The lowest BCUT2D eigenvalue weighted by Crippen LogP contribution is -2.04. The molecule has 0 aliphatic carbocycles. The highest BCUT2D eigenvalue weighted by molar-refractivity contribution is 6.11. The normalized spacial score (nSPS) is 15.6. The molecule has 112 valence electrons. The van der Waals surface area contributed by atoms with Crippen LogP contribution in [0.2, 0.25) is 0 Å². The Labute approximate surface area is 126 Å². The Morgan fingerprint density at radius 2 is 1.86 bits per heavy atom. The number of furan rings is 1. The maximum absolute atomic E-state index is 11.9. The standard InChI is InChI=1S/C16H13NO5/c1-19-11-6-10(7-12(9-11)20-2)8-13-16(18)22-15(17-13)14-4-3-5-21-14/h3-9H,1-2H3/b13-8+. The first kappa shape index (κ1) is 13.9. The Morgan fingerprint density at radius 3 is 2.45 bits per heavy atom. The number of rotatable bonds is 4. The lowest BCUT2D eigenvalue weighted by Gasteiger charge is -2.05. The molecule has 1 aliphatic heterocycles. The molecule has 3 rings (SSSR count). The summed E-state index contributed by atoms with van der Waals surface area (Å²) in [6, 6.07) is 8.64. The molecule has 0 spiro atoms. The van der Waals surface area contributed by atoms with Gasteiger partial charge < -0.3 is 18.6 Å². The Kier molecular flexibility index (Phi) is 3.65. The maximum Gasteiger partial charge on any atom is 0.363 e. The van der Waals surface area contributed by atoms with Crippen molar-refractivity contribution in [2.24, 2.45) is 4.99 Å². The van der Waals surface area contributed by atoms with Gasteiger partial charge in [0.1, 0.15) is 11.5 Å². The van der Waals surface area contributed by atoms with Crippen LogP contribution in [0, 0.1) is 0 Å². The Balaban J connectivity index is 1.96. The molecule has 0 saturated heterocycles. The minimum absolute atomic E-state index is 0.149. The van der Waals surface area contributed by atoms with E-state index < -0.39 is 5.97 Å². The van der Waals surface area contributed by atoms with E-state index in [0.717, 1.165) is 0 Å². The molecule has 0 bridgehead atoms. The summed E-state index contributed by atoms with van der Waals surface area (Å²) in [7, 11) is 3.12. The fraction of sp³-hybridized carbons (Fsp3) is 0.125. The summed E-state index contributed by atoms with van der Waals surface area (Å²) >= 11 is 0. The van der Waals surface area contributed by atoms with E-state index in [1.54, 1.807) is 50.6 Å². The van der Waals surface area contributed by atoms with Crippen LogP contribution in [-0.4, -0.2) is 26.1 Å². The van der Waals surface area contributed by atoms with E-state index >= 15 is 0 Å². The highest BCUT2D eigenvalue weighted by Crippen LogP contribution is 2.26. The van der Waals surface area contributed by atoms with Gasteiger partial charge in [-0.2, -0.15) is 0 Å². The molecule has 1 aromatic heterocycles. The fourth-order valence-corrected chi connectivity index (χ4v) is 1.99. The first-order valence-electron chi connectivity index (χ1n) is 6.49. The van der Waals surface area contributed by atoms with Gasteiger partial charge in [-0.3, -0.25) is 0 Å². The van der Waals surface area contributed by atoms with E-state index in [4.69, 9.17) is 18.6 Å². The lowest BCUT2D eigenvalue weighted by atomic mass is 10.1. The third-order valence-electron chi connectivity index (χ3n) is 3.03. The van der Waals surface area contributed by atoms with Gasteiger partial charge in [0.15, 0.2) is 11.5 Å². The van der Waals surface area contributed by atoms with E-state index in [1.807, 2.05) is 0 Å². The van der Waals surface area contributed by atoms with Gasteiger partial charge in [0.05, 0.1) is 20.5 Å². The third-order valence-corrected chi connectivity index (χ3v) is 3.03. The molecule has 1 aromatic carbocycles. The van der Waals surface area contributed by atoms with E-state index in [9.17, 15) is 4.79 Å². The summed E-state index contributed by atoms with van der Waals surface area (Å²) in [5, 5.41) is 0. The van der Waals surface area contributed by atoms with Crippen molar-refractivity contribution in [3.8, 4) is 11.5 Å². The highest BCUT2D eigenvalue weighted by atomic mass is 16.6. The number of aliphatic imine (C=N–C) groups is 1. The monoisotopic (exact) mass is 299 g/mol. The van der Waals surface area contributed by atoms with Crippen molar-refractivity contribution in [2.45, 2.75) is 0 Å². The average molecular weight is 299 g/mol. The van der Waals surface area contributed by atoms with Gasteiger partial charge in [-0.1, -0.05) is 0 Å². The highest BCUT2D eigenvalue weighted by Gasteiger charge is 2.25. The zero-order chi connectivity index (χ0) is 15.5. The largest absolute Gasteiger partial charge is 0.497 e. The van der Waals surface area contributed by atoms with Crippen LogP contribution in [0.4, 0.5) is 0 Å². The molecule has 0 N–H and O–H groups in total. The van der Waals surface area contributed by atoms with Crippen LogP contribution in [0.15, 0.2) is 51.7 Å². The number of carbonyl (C=O) groups excluding carboxylic acids is 1. The van der Waals surface area contributed by atoms with Crippen LogP contribution in [0.3, 0.4) is 0 Å². The second-order valence-corrected chi connectivity index (χ2v) is 4.46. The number of carbonyl (C=O) groups is 1. The molecule has 22 heavy (non-hydrogen) atoms. The summed E-state index contributed by atoms with van der Waals surface area (Å²) in [4.78, 5) is 16.0. The van der Waals surface area contributed by atoms with Crippen molar-refractivity contribution in [1.82, 2.24) is 0 Å². The van der Waals surface area contributed by atoms with Gasteiger partial charge >= 0.3 is 5.97 Å². The summed E-state index contributed by atoms with van der Waals surface area (Å²) in [6.07, 6.45) is 3.09. The first-order chi connectivity index (χ1) is 10.7. The number of esters is 1. The number of hydrogen-bond acceptors (Lipinski definition) is 6. The average Bonchev–Trinajstić information content (AvgIpc) is 3.17. The van der Waals surface area contributed by atoms with Gasteiger partial charge in [-0.05, 0) is 35.9 Å². The SMILES string of the molecule is COc1cc(/C=C2/N=C(c3ccco3)OC2=O)cc(OC)c1. The molecule has 1 aliphatic rings. The number of nitrogens with zero attached hydrogens (tertiary/aromatic N) is 1. The van der Waals surface area contributed by atoms with Crippen LogP contribution in [-0.2, 0) is 9.53 Å². The smallest absolute Gasteiger partial charge is 0.363 e. The van der Waals surface area contributed by atoms with Crippen LogP contribution < -0.4 is 9.47 Å². The molecule has 6 heteroatoms. The zero-order valence-corrected chi connectivity index (χ0v) is 12.0. The van der Waals surface area contributed by atoms with Crippen molar-refractivity contribution in [2.75, 3.05) is 14.2 Å². The Bertz CT molecular complexity index is 737. The quantitative estimate of drug-likeness (QED) is 0.641. The third kappa shape index (κ3) is 2.71. The van der Waals surface area contributed by atoms with Crippen LogP contribution in [0.1, 0.15) is 11.3 Å². The van der Waals surface area contributed by atoms with Gasteiger partial charge in [0.2, 0.25) is 0 Å². The predicted molar refractivity (Wildman–Crippen MR) is 78.9 cm³/mol. The van der Waals surface area contributed by atoms with Crippen molar-refractivity contribution in [1.29, 1.82) is 0 Å². The number of ether oxygens (including phenoxy) is 3.